The molecule has 0 saturated carbocycles. The predicted molar refractivity (Wildman–Crippen MR) is 81.2 cm³/mol. The van der Waals surface area contributed by atoms with Crippen LogP contribution >= 0.6 is 0 Å². The molecule has 2 aromatic rings. The van der Waals surface area contributed by atoms with Crippen LogP contribution in [0.15, 0.2) is 36.4 Å². The molecule has 24 heavy (non-hydrogen) atoms. The first-order valence-electron chi connectivity index (χ1n) is 7.53. The van der Waals surface area contributed by atoms with E-state index in [-0.39, 0.29) is 12.6 Å². The Morgan fingerprint density at radius 2 is 1.83 bits per heavy atom. The molecule has 3 nitrogen and oxygen atoms in total. The Morgan fingerprint density at radius 3 is 2.54 bits per heavy atom. The highest BCUT2D eigenvalue weighted by atomic mass is 19.2. The number of hydrogen-bond donors (Lipinski definition) is 1. The van der Waals surface area contributed by atoms with Gasteiger partial charge in [-0.3, -0.25) is 4.90 Å². The number of aliphatic hydroxyl groups excluding tert-OH is 1. The molecule has 2 atom stereocenters. The van der Waals surface area contributed by atoms with Gasteiger partial charge >= 0.3 is 0 Å². The van der Waals surface area contributed by atoms with Crippen LogP contribution in [0.5, 0.6) is 0 Å². The van der Waals surface area contributed by atoms with Gasteiger partial charge < -0.3 is 5.11 Å². The summed E-state index contributed by atoms with van der Waals surface area (Å²) in [6.45, 7) is 0.460. The minimum absolute atomic E-state index is 0.169. The largest absolute Gasteiger partial charge is 0.392 e. The molecular formula is C18H15F3N2O. The van der Waals surface area contributed by atoms with E-state index >= 15 is 0 Å². The van der Waals surface area contributed by atoms with E-state index in [0.29, 0.717) is 29.7 Å². The van der Waals surface area contributed by atoms with E-state index in [1.165, 1.54) is 24.3 Å². The summed E-state index contributed by atoms with van der Waals surface area (Å²) in [5.41, 5.74) is 1.20. The summed E-state index contributed by atoms with van der Waals surface area (Å²) < 4.78 is 40.6. The first kappa shape index (κ1) is 16.5. The zero-order valence-corrected chi connectivity index (χ0v) is 12.7. The molecular weight excluding hydrogens is 317 g/mol. The van der Waals surface area contributed by atoms with Crippen LogP contribution in [0.2, 0.25) is 0 Å². The van der Waals surface area contributed by atoms with Crippen molar-refractivity contribution in [3.05, 3.63) is 70.5 Å². The second-order valence-corrected chi connectivity index (χ2v) is 5.93. The van der Waals surface area contributed by atoms with Crippen LogP contribution in [0.4, 0.5) is 13.2 Å². The lowest BCUT2D eigenvalue weighted by Gasteiger charge is -2.25. The Kier molecular flexibility index (Phi) is 4.56. The molecule has 1 fully saturated rings. The van der Waals surface area contributed by atoms with Gasteiger partial charge in [0.1, 0.15) is 5.82 Å². The van der Waals surface area contributed by atoms with Crippen LogP contribution in [-0.2, 0) is 6.54 Å². The van der Waals surface area contributed by atoms with Crippen LogP contribution in [0, 0.1) is 28.8 Å². The highest BCUT2D eigenvalue weighted by Crippen LogP contribution is 2.34. The van der Waals surface area contributed by atoms with Gasteiger partial charge in [-0.05, 0) is 42.3 Å². The first-order chi connectivity index (χ1) is 11.5. The van der Waals surface area contributed by atoms with Gasteiger partial charge in [0.25, 0.3) is 0 Å². The molecule has 2 aromatic carbocycles. The molecule has 1 N–H and O–H groups in total. The van der Waals surface area contributed by atoms with Crippen molar-refractivity contribution >= 4 is 0 Å². The number of hydrogen-bond acceptors (Lipinski definition) is 3. The van der Waals surface area contributed by atoms with Gasteiger partial charge in [-0.15, -0.1) is 0 Å². The minimum Gasteiger partial charge on any atom is -0.392 e. The van der Waals surface area contributed by atoms with Gasteiger partial charge in [0.2, 0.25) is 0 Å². The minimum atomic E-state index is -0.952. The summed E-state index contributed by atoms with van der Waals surface area (Å²) in [4.78, 5) is 1.80. The van der Waals surface area contributed by atoms with Gasteiger partial charge in [0.05, 0.1) is 17.7 Å². The lowest BCUT2D eigenvalue weighted by atomic mass is 10.0. The zero-order chi connectivity index (χ0) is 17.3. The summed E-state index contributed by atoms with van der Waals surface area (Å²) in [7, 11) is 0. The van der Waals surface area contributed by atoms with Gasteiger partial charge in [0.15, 0.2) is 11.6 Å². The second kappa shape index (κ2) is 6.63. The van der Waals surface area contributed by atoms with Crippen molar-refractivity contribution in [2.24, 2.45) is 0 Å². The maximum absolute atomic E-state index is 14.0. The Bertz CT molecular complexity index is 803. The first-order valence-corrected chi connectivity index (χ1v) is 7.53. The molecule has 6 heteroatoms. The van der Waals surface area contributed by atoms with Crippen molar-refractivity contribution in [1.29, 1.82) is 5.26 Å². The molecule has 1 aliphatic heterocycles. The highest BCUT2D eigenvalue weighted by Gasteiger charge is 2.32. The van der Waals surface area contributed by atoms with Crippen molar-refractivity contribution in [3.63, 3.8) is 0 Å². The van der Waals surface area contributed by atoms with E-state index in [9.17, 15) is 18.3 Å². The number of β-amino-alcohol motifs (C(OH)–C–C–N with tert-alkyl or cyclic N) is 1. The third kappa shape index (κ3) is 3.28. The number of nitriles is 1. The molecule has 0 spiro atoms. The van der Waals surface area contributed by atoms with Crippen molar-refractivity contribution in [2.75, 3.05) is 6.54 Å². The van der Waals surface area contributed by atoms with E-state index in [4.69, 9.17) is 5.26 Å². The topological polar surface area (TPSA) is 47.3 Å². The number of halogens is 3. The SMILES string of the molecule is N#Cc1ccc(F)c(CN2C[C@H](O)C[C@H]2c2ccc(F)c(F)c2)c1. The maximum Gasteiger partial charge on any atom is 0.159 e. The van der Waals surface area contributed by atoms with Crippen LogP contribution in [-0.4, -0.2) is 22.7 Å². The van der Waals surface area contributed by atoms with Crippen LogP contribution < -0.4 is 0 Å². The maximum atomic E-state index is 14.0. The average molecular weight is 332 g/mol. The van der Waals surface area contributed by atoms with Crippen LogP contribution in [0.1, 0.15) is 29.2 Å². The smallest absolute Gasteiger partial charge is 0.159 e. The van der Waals surface area contributed by atoms with Crippen molar-refractivity contribution in [2.45, 2.75) is 25.1 Å². The van der Waals surface area contributed by atoms with E-state index < -0.39 is 23.6 Å². The van der Waals surface area contributed by atoms with Crippen LogP contribution in [0.3, 0.4) is 0 Å². The summed E-state index contributed by atoms with van der Waals surface area (Å²) in [5.74, 6) is -2.33. The van der Waals surface area contributed by atoms with Gasteiger partial charge in [-0.2, -0.15) is 5.26 Å². The standard InChI is InChI=1S/C18H15F3N2O/c19-15-3-1-11(8-22)5-13(15)9-23-10-14(24)7-18(23)12-2-4-16(20)17(21)6-12/h1-6,14,18,24H,7,9-10H2/t14-,18+/m1/s1. The molecule has 0 unspecified atom stereocenters. The normalized spacial score (nSPS) is 21.0. The predicted octanol–water partition coefficient (Wildman–Crippen LogP) is 3.28. The molecule has 124 valence electrons. The van der Waals surface area contributed by atoms with Gasteiger partial charge in [-0.1, -0.05) is 6.07 Å². The number of rotatable bonds is 3. The molecule has 0 aromatic heterocycles. The lowest BCUT2D eigenvalue weighted by molar-refractivity contribution is 0.172. The fraction of sp³-hybridized carbons (Fsp3) is 0.278. The van der Waals surface area contributed by atoms with Gasteiger partial charge in [0, 0.05) is 24.7 Å². The average Bonchev–Trinajstić information content (AvgIpc) is 2.92. The zero-order valence-electron chi connectivity index (χ0n) is 12.7. The van der Waals surface area contributed by atoms with Gasteiger partial charge in [-0.25, -0.2) is 13.2 Å². The Balaban J connectivity index is 1.88. The molecule has 1 aliphatic rings. The lowest BCUT2D eigenvalue weighted by Crippen LogP contribution is -2.25. The summed E-state index contributed by atoms with van der Waals surface area (Å²) in [6, 6.07) is 9.31. The molecule has 3 rings (SSSR count). The molecule has 1 heterocycles. The monoisotopic (exact) mass is 332 g/mol. The van der Waals surface area contributed by atoms with Crippen molar-refractivity contribution in [1.82, 2.24) is 4.90 Å². The molecule has 0 bridgehead atoms. The fourth-order valence-electron chi connectivity index (χ4n) is 3.10. The summed E-state index contributed by atoms with van der Waals surface area (Å²) in [6.07, 6.45) is -0.282. The number of nitrogens with zero attached hydrogens (tertiary/aromatic N) is 2. The van der Waals surface area contributed by atoms with E-state index in [2.05, 4.69) is 0 Å². The molecule has 0 aliphatic carbocycles. The summed E-state index contributed by atoms with van der Waals surface area (Å²) in [5, 5.41) is 18.9. The Labute approximate surface area is 137 Å². The van der Waals surface area contributed by atoms with Crippen molar-refractivity contribution in [3.8, 4) is 6.07 Å². The van der Waals surface area contributed by atoms with Crippen LogP contribution in [0.25, 0.3) is 0 Å². The molecule has 1 saturated heterocycles. The second-order valence-electron chi connectivity index (χ2n) is 5.93. The quantitative estimate of drug-likeness (QED) is 0.938. The molecule has 0 radical (unpaired) electrons. The van der Waals surface area contributed by atoms with Crippen molar-refractivity contribution < 1.29 is 18.3 Å². The van der Waals surface area contributed by atoms with E-state index in [1.807, 2.05) is 6.07 Å². The number of benzene rings is 2. The highest BCUT2D eigenvalue weighted by molar-refractivity contribution is 5.34. The third-order valence-corrected chi connectivity index (χ3v) is 4.26. The summed E-state index contributed by atoms with van der Waals surface area (Å²) >= 11 is 0. The number of likely N-dealkylation sites (tertiary alicyclic amines) is 1. The van der Waals surface area contributed by atoms with E-state index in [0.717, 1.165) is 12.1 Å². The fourth-order valence-corrected chi connectivity index (χ4v) is 3.10. The Hall–Kier alpha value is -2.36. The third-order valence-electron chi connectivity index (χ3n) is 4.26. The van der Waals surface area contributed by atoms with E-state index in [1.54, 1.807) is 4.90 Å². The Morgan fingerprint density at radius 1 is 1.08 bits per heavy atom. The molecule has 0 amide bonds. The number of aliphatic hydroxyl groups is 1.